The van der Waals surface area contributed by atoms with Crippen molar-refractivity contribution in [2.45, 2.75) is 0 Å². The molecule has 0 saturated carbocycles. The zero-order valence-corrected chi connectivity index (χ0v) is 24.2. The summed E-state index contributed by atoms with van der Waals surface area (Å²) in [7, 11) is 0. The molecule has 3 nitrogen and oxygen atoms in total. The van der Waals surface area contributed by atoms with E-state index in [9.17, 15) is 0 Å². The van der Waals surface area contributed by atoms with E-state index in [0.717, 1.165) is 82.9 Å². The lowest BCUT2D eigenvalue weighted by Crippen LogP contribution is -1.94. The molecule has 210 valence electrons. The lowest BCUT2D eigenvalue weighted by Gasteiger charge is -2.13. The molecule has 3 heteroatoms. The molecule has 0 spiro atoms. The van der Waals surface area contributed by atoms with Gasteiger partial charge in [0.1, 0.15) is 22.3 Å². The van der Waals surface area contributed by atoms with E-state index >= 15 is 0 Å². The second-order valence-corrected chi connectivity index (χ2v) is 11.7. The molecule has 3 aromatic heterocycles. The largest absolute Gasteiger partial charge is 0.456 e. The molecule has 0 aliphatic rings. The third-order valence-electron chi connectivity index (χ3n) is 9.19. The number of benzene rings is 7. The van der Waals surface area contributed by atoms with Gasteiger partial charge in [-0.1, -0.05) is 97.1 Å². The Bertz CT molecular complexity index is 2760. The number of furan rings is 2. The Kier molecular flexibility index (Phi) is 5.00. The molecule has 10 rings (SSSR count). The SMILES string of the molecule is c1ccc(-n2c3ccccc3c3oc4cccc(-c5ccccc5-c5ccc6c(c5)oc5cc7ccccc7cc56)c4c32)cc1. The van der Waals surface area contributed by atoms with Crippen molar-refractivity contribution in [3.8, 4) is 27.9 Å². The fourth-order valence-corrected chi connectivity index (χ4v) is 7.18. The van der Waals surface area contributed by atoms with Crippen molar-refractivity contribution in [3.05, 3.63) is 152 Å². The summed E-state index contributed by atoms with van der Waals surface area (Å²) in [5.41, 5.74) is 11.5. The standard InChI is InChI=1S/C42H25NO2/c1-2-13-29(14-3-1)43-36-19-9-8-17-34(36)42-41(43)40-33(18-10-20-37(40)45-42)31-16-7-6-15-30(31)28-21-22-32-35-23-26-11-4-5-12-27(26)24-39(35)44-38(32)25-28/h1-25H. The van der Waals surface area contributed by atoms with Crippen LogP contribution in [0.2, 0.25) is 0 Å². The van der Waals surface area contributed by atoms with Gasteiger partial charge < -0.3 is 13.4 Å². The van der Waals surface area contributed by atoms with E-state index in [1.54, 1.807) is 0 Å². The van der Waals surface area contributed by atoms with Crippen LogP contribution in [0.4, 0.5) is 0 Å². The zero-order valence-electron chi connectivity index (χ0n) is 24.2. The smallest absolute Gasteiger partial charge is 0.161 e. The molecule has 0 aliphatic carbocycles. The highest BCUT2D eigenvalue weighted by molar-refractivity contribution is 6.21. The van der Waals surface area contributed by atoms with Gasteiger partial charge in [-0.2, -0.15) is 0 Å². The van der Waals surface area contributed by atoms with E-state index in [4.69, 9.17) is 8.83 Å². The van der Waals surface area contributed by atoms with Crippen LogP contribution in [0.15, 0.2) is 160 Å². The number of hydrogen-bond donors (Lipinski definition) is 0. The molecule has 7 aromatic carbocycles. The number of aromatic nitrogens is 1. The Morgan fingerprint density at radius 3 is 2.02 bits per heavy atom. The Morgan fingerprint density at radius 2 is 1.13 bits per heavy atom. The van der Waals surface area contributed by atoms with Gasteiger partial charge >= 0.3 is 0 Å². The highest BCUT2D eigenvalue weighted by Crippen LogP contribution is 2.45. The summed E-state index contributed by atoms with van der Waals surface area (Å²) in [6, 6.07) is 53.5. The first-order chi connectivity index (χ1) is 22.3. The highest BCUT2D eigenvalue weighted by Gasteiger charge is 2.23. The topological polar surface area (TPSA) is 31.2 Å². The molecule has 0 radical (unpaired) electrons. The van der Waals surface area contributed by atoms with Gasteiger partial charge in [-0.3, -0.25) is 0 Å². The van der Waals surface area contributed by atoms with Crippen LogP contribution in [-0.4, -0.2) is 4.57 Å². The van der Waals surface area contributed by atoms with Gasteiger partial charge in [-0.25, -0.2) is 0 Å². The fourth-order valence-electron chi connectivity index (χ4n) is 7.18. The van der Waals surface area contributed by atoms with Gasteiger partial charge in [0, 0.05) is 21.8 Å². The minimum atomic E-state index is 0.877. The molecule has 0 bridgehead atoms. The predicted octanol–water partition coefficient (Wildman–Crippen LogP) is 11.9. The molecule has 0 fully saturated rings. The minimum Gasteiger partial charge on any atom is -0.456 e. The van der Waals surface area contributed by atoms with Crippen LogP contribution in [0, 0.1) is 0 Å². The third-order valence-corrected chi connectivity index (χ3v) is 9.19. The predicted molar refractivity (Wildman–Crippen MR) is 186 cm³/mol. The molecule has 0 aliphatic heterocycles. The summed E-state index contributed by atoms with van der Waals surface area (Å²) < 4.78 is 15.5. The molecule has 10 aromatic rings. The van der Waals surface area contributed by atoms with Crippen molar-refractivity contribution in [2.24, 2.45) is 0 Å². The Balaban J connectivity index is 1.23. The van der Waals surface area contributed by atoms with Crippen molar-refractivity contribution >= 4 is 65.7 Å². The summed E-state index contributed by atoms with van der Waals surface area (Å²) in [4.78, 5) is 0. The molecule has 0 saturated heterocycles. The summed E-state index contributed by atoms with van der Waals surface area (Å²) in [5.74, 6) is 0. The van der Waals surface area contributed by atoms with Crippen molar-refractivity contribution in [3.63, 3.8) is 0 Å². The molecule has 3 heterocycles. The van der Waals surface area contributed by atoms with Crippen molar-refractivity contribution in [1.29, 1.82) is 0 Å². The van der Waals surface area contributed by atoms with Crippen LogP contribution in [0.3, 0.4) is 0 Å². The first-order valence-electron chi connectivity index (χ1n) is 15.3. The fraction of sp³-hybridized carbons (Fsp3) is 0. The molecule has 0 unspecified atom stereocenters. The molecule has 0 N–H and O–H groups in total. The average molecular weight is 576 g/mol. The van der Waals surface area contributed by atoms with Crippen molar-refractivity contribution in [1.82, 2.24) is 4.57 Å². The summed E-state index contributed by atoms with van der Waals surface area (Å²) in [6.07, 6.45) is 0. The van der Waals surface area contributed by atoms with E-state index in [1.165, 1.54) is 10.8 Å². The molecular formula is C42H25NO2. The first kappa shape index (κ1) is 24.4. The van der Waals surface area contributed by atoms with Crippen LogP contribution in [0.5, 0.6) is 0 Å². The van der Waals surface area contributed by atoms with E-state index in [-0.39, 0.29) is 0 Å². The lowest BCUT2D eigenvalue weighted by molar-refractivity contribution is 0.669. The van der Waals surface area contributed by atoms with Gasteiger partial charge in [0.2, 0.25) is 0 Å². The van der Waals surface area contributed by atoms with Gasteiger partial charge in [0.15, 0.2) is 5.58 Å². The van der Waals surface area contributed by atoms with Crippen LogP contribution in [0.1, 0.15) is 0 Å². The van der Waals surface area contributed by atoms with Crippen molar-refractivity contribution in [2.75, 3.05) is 0 Å². The molecule has 0 amide bonds. The van der Waals surface area contributed by atoms with Crippen LogP contribution in [-0.2, 0) is 0 Å². The Labute approximate surface area is 258 Å². The summed E-state index contributed by atoms with van der Waals surface area (Å²) >= 11 is 0. The first-order valence-corrected chi connectivity index (χ1v) is 15.3. The Hall–Kier alpha value is -6.06. The average Bonchev–Trinajstić information content (AvgIpc) is 3.75. The molecule has 45 heavy (non-hydrogen) atoms. The van der Waals surface area contributed by atoms with Crippen LogP contribution < -0.4 is 0 Å². The van der Waals surface area contributed by atoms with E-state index in [0.29, 0.717) is 0 Å². The minimum absolute atomic E-state index is 0.877. The third kappa shape index (κ3) is 3.52. The second kappa shape index (κ2) is 9.22. The zero-order chi connectivity index (χ0) is 29.5. The maximum atomic E-state index is 6.66. The van der Waals surface area contributed by atoms with Crippen LogP contribution >= 0.6 is 0 Å². The highest BCUT2D eigenvalue weighted by atomic mass is 16.3. The molecular weight excluding hydrogens is 550 g/mol. The van der Waals surface area contributed by atoms with E-state index in [1.807, 2.05) is 0 Å². The monoisotopic (exact) mass is 575 g/mol. The van der Waals surface area contributed by atoms with Gasteiger partial charge in [-0.15, -0.1) is 0 Å². The number of nitrogens with zero attached hydrogens (tertiary/aromatic N) is 1. The van der Waals surface area contributed by atoms with Crippen LogP contribution in [0.25, 0.3) is 93.6 Å². The van der Waals surface area contributed by atoms with Gasteiger partial charge in [0.05, 0.1) is 10.9 Å². The van der Waals surface area contributed by atoms with Crippen molar-refractivity contribution < 1.29 is 8.83 Å². The van der Waals surface area contributed by atoms with E-state index < -0.39 is 0 Å². The Morgan fingerprint density at radius 1 is 0.422 bits per heavy atom. The van der Waals surface area contributed by atoms with Gasteiger partial charge in [-0.05, 0) is 87.6 Å². The number of fused-ring (bicyclic) bond motifs is 9. The number of rotatable bonds is 3. The number of hydrogen-bond acceptors (Lipinski definition) is 2. The normalized spacial score (nSPS) is 12.0. The lowest BCUT2D eigenvalue weighted by atomic mass is 9.92. The quantitative estimate of drug-likeness (QED) is 0.210. The molecule has 0 atom stereocenters. The summed E-state index contributed by atoms with van der Waals surface area (Å²) in [5, 5.41) is 6.88. The van der Waals surface area contributed by atoms with E-state index in [2.05, 4.69) is 156 Å². The maximum Gasteiger partial charge on any atom is 0.161 e. The maximum absolute atomic E-state index is 6.66. The second-order valence-electron chi connectivity index (χ2n) is 11.7. The number of para-hydroxylation sites is 2. The summed E-state index contributed by atoms with van der Waals surface area (Å²) in [6.45, 7) is 0. The van der Waals surface area contributed by atoms with Gasteiger partial charge in [0.25, 0.3) is 0 Å².